The molecule has 0 aliphatic rings. The van der Waals surface area contributed by atoms with E-state index < -0.39 is 0 Å². The number of nitrogens with two attached hydrogens (primary N) is 1. The first-order chi connectivity index (χ1) is 9.15. The minimum atomic E-state index is -0.333. The van der Waals surface area contributed by atoms with Crippen LogP contribution in [0, 0.1) is 0 Å². The van der Waals surface area contributed by atoms with Crippen LogP contribution in [0.3, 0.4) is 0 Å². The van der Waals surface area contributed by atoms with Crippen molar-refractivity contribution in [2.24, 2.45) is 0 Å². The molecule has 0 fully saturated rings. The van der Waals surface area contributed by atoms with Crippen molar-refractivity contribution >= 4 is 23.2 Å². The molecule has 96 valence electrons. The van der Waals surface area contributed by atoms with Gasteiger partial charge in [0.25, 0.3) is 0 Å². The molecule has 0 unspecified atom stereocenters. The molecule has 2 heterocycles. The van der Waals surface area contributed by atoms with Crippen LogP contribution in [0.5, 0.6) is 0 Å². The van der Waals surface area contributed by atoms with Gasteiger partial charge in [-0.1, -0.05) is 41.9 Å². The maximum absolute atomic E-state index is 12.2. The largest absolute Gasteiger partial charge is 0.369 e. The lowest BCUT2D eigenvalue weighted by Crippen LogP contribution is -2.23. The number of anilines is 1. The fourth-order valence-electron chi connectivity index (χ4n) is 1.89. The average Bonchev–Trinajstić information content (AvgIpc) is 2.67. The maximum atomic E-state index is 12.2. The molecule has 2 N–H and O–H groups in total. The Kier molecular flexibility index (Phi) is 2.72. The lowest BCUT2D eigenvalue weighted by atomic mass is 10.2. The zero-order valence-electron chi connectivity index (χ0n) is 9.82. The van der Waals surface area contributed by atoms with Gasteiger partial charge in [0, 0.05) is 6.07 Å². The molecule has 2 aromatic heterocycles. The molecule has 6 nitrogen and oxygen atoms in total. The highest BCUT2D eigenvalue weighted by molar-refractivity contribution is 6.29. The van der Waals surface area contributed by atoms with E-state index in [-0.39, 0.29) is 16.8 Å². The summed E-state index contributed by atoms with van der Waals surface area (Å²) in [4.78, 5) is 16.0. The van der Waals surface area contributed by atoms with Crippen LogP contribution in [0.25, 0.3) is 5.65 Å². The Balaban J connectivity index is 2.13. The molecule has 0 atom stereocenters. The van der Waals surface area contributed by atoms with E-state index in [2.05, 4.69) is 10.1 Å². The fraction of sp³-hybridized carbons (Fsp3) is 0.0833. The number of benzene rings is 1. The second-order valence-electron chi connectivity index (χ2n) is 4.06. The summed E-state index contributed by atoms with van der Waals surface area (Å²) in [6, 6.07) is 11.1. The smallest absolute Gasteiger partial charge is 0.353 e. The number of nitrogens with zero attached hydrogens (tertiary/aromatic N) is 4. The molecular weight excluding hydrogens is 266 g/mol. The minimum absolute atomic E-state index is 0.0341. The molecule has 3 rings (SSSR count). The molecule has 0 saturated heterocycles. The Morgan fingerprint density at radius 3 is 2.74 bits per heavy atom. The first kappa shape index (κ1) is 11.7. The summed E-state index contributed by atoms with van der Waals surface area (Å²) in [5.74, 6) is 0.0341. The van der Waals surface area contributed by atoms with Gasteiger partial charge in [-0.2, -0.15) is 0 Å². The second kappa shape index (κ2) is 4.40. The van der Waals surface area contributed by atoms with Crippen molar-refractivity contribution in [3.63, 3.8) is 0 Å². The quantitative estimate of drug-likeness (QED) is 0.712. The number of rotatable bonds is 2. The number of nitrogen functional groups attached to an aromatic ring is 1. The summed E-state index contributed by atoms with van der Waals surface area (Å²) in [7, 11) is 0. The lowest BCUT2D eigenvalue weighted by molar-refractivity contribution is 0.659. The molecule has 19 heavy (non-hydrogen) atoms. The minimum Gasteiger partial charge on any atom is -0.369 e. The van der Waals surface area contributed by atoms with Crippen molar-refractivity contribution in [1.82, 2.24) is 19.2 Å². The molecule has 0 aliphatic heterocycles. The normalized spacial score (nSPS) is 11.0. The number of fused-ring (bicyclic) bond motifs is 1. The monoisotopic (exact) mass is 275 g/mol. The van der Waals surface area contributed by atoms with E-state index in [9.17, 15) is 4.79 Å². The lowest BCUT2D eigenvalue weighted by Gasteiger charge is -1.98. The van der Waals surface area contributed by atoms with Gasteiger partial charge in [0.1, 0.15) is 5.15 Å². The molecule has 0 amide bonds. The Labute approximate surface area is 113 Å². The predicted molar refractivity (Wildman–Crippen MR) is 72.2 cm³/mol. The molecule has 3 aromatic rings. The van der Waals surface area contributed by atoms with Crippen molar-refractivity contribution in [1.29, 1.82) is 0 Å². The van der Waals surface area contributed by atoms with Gasteiger partial charge >= 0.3 is 5.69 Å². The molecule has 0 aliphatic carbocycles. The highest BCUT2D eigenvalue weighted by Gasteiger charge is 2.11. The highest BCUT2D eigenvalue weighted by atomic mass is 35.5. The predicted octanol–water partition coefficient (Wildman–Crippen LogP) is 1.17. The average molecular weight is 276 g/mol. The summed E-state index contributed by atoms with van der Waals surface area (Å²) >= 11 is 5.79. The molecular formula is C12H10ClN5O. The van der Waals surface area contributed by atoms with Gasteiger partial charge in [-0.3, -0.25) is 0 Å². The van der Waals surface area contributed by atoms with E-state index in [1.165, 1.54) is 15.1 Å². The van der Waals surface area contributed by atoms with E-state index in [1.54, 1.807) is 0 Å². The number of hydrogen-bond acceptors (Lipinski definition) is 4. The fourth-order valence-corrected chi connectivity index (χ4v) is 2.08. The first-order valence-corrected chi connectivity index (χ1v) is 5.98. The topological polar surface area (TPSA) is 78.2 Å². The van der Waals surface area contributed by atoms with Crippen molar-refractivity contribution in [2.45, 2.75) is 6.54 Å². The van der Waals surface area contributed by atoms with Gasteiger partial charge in [-0.25, -0.2) is 18.9 Å². The molecule has 0 saturated carbocycles. The number of halogens is 1. The van der Waals surface area contributed by atoms with E-state index >= 15 is 0 Å². The maximum Gasteiger partial charge on any atom is 0.353 e. The van der Waals surface area contributed by atoms with E-state index in [1.807, 2.05) is 30.3 Å². The van der Waals surface area contributed by atoms with Crippen LogP contribution in [-0.4, -0.2) is 19.2 Å². The Morgan fingerprint density at radius 2 is 2.00 bits per heavy atom. The Hall–Kier alpha value is -2.34. The SMILES string of the molecule is Nc1nc(Cl)cc2nn(Cc3ccccc3)c(=O)n12. The van der Waals surface area contributed by atoms with Gasteiger partial charge < -0.3 is 5.73 Å². The summed E-state index contributed by atoms with van der Waals surface area (Å²) in [5.41, 5.74) is 6.71. The molecule has 0 spiro atoms. The number of aromatic nitrogens is 4. The van der Waals surface area contributed by atoms with Crippen LogP contribution in [0.1, 0.15) is 5.56 Å². The standard InChI is InChI=1S/C12H10ClN5O/c13-9-6-10-16-17(7-8-4-2-1-3-5-8)12(19)18(10)11(14)15-9/h1-6H,7H2,(H2,14,15). The number of hydrogen-bond donors (Lipinski definition) is 1. The van der Waals surface area contributed by atoms with Gasteiger partial charge in [-0.05, 0) is 5.56 Å². The second-order valence-corrected chi connectivity index (χ2v) is 4.44. The first-order valence-electron chi connectivity index (χ1n) is 5.60. The molecule has 7 heteroatoms. The summed E-state index contributed by atoms with van der Waals surface area (Å²) in [6.07, 6.45) is 0. The summed E-state index contributed by atoms with van der Waals surface area (Å²) in [5, 5.41) is 4.40. The third-order valence-corrected chi connectivity index (χ3v) is 2.93. The van der Waals surface area contributed by atoms with Crippen LogP contribution >= 0.6 is 11.6 Å². The van der Waals surface area contributed by atoms with E-state index in [4.69, 9.17) is 17.3 Å². The van der Waals surface area contributed by atoms with Gasteiger partial charge in [-0.15, -0.1) is 5.10 Å². The third kappa shape index (κ3) is 2.06. The Bertz CT molecular complexity index is 793. The molecule has 1 aromatic carbocycles. The Morgan fingerprint density at radius 1 is 1.26 bits per heavy atom. The van der Waals surface area contributed by atoms with Crippen LogP contribution in [0.4, 0.5) is 5.95 Å². The van der Waals surface area contributed by atoms with E-state index in [0.29, 0.717) is 12.2 Å². The van der Waals surface area contributed by atoms with Crippen LogP contribution in [0.15, 0.2) is 41.2 Å². The summed E-state index contributed by atoms with van der Waals surface area (Å²) < 4.78 is 2.56. The summed E-state index contributed by atoms with van der Waals surface area (Å²) in [6.45, 7) is 0.373. The van der Waals surface area contributed by atoms with Gasteiger partial charge in [0.05, 0.1) is 6.54 Å². The zero-order valence-corrected chi connectivity index (χ0v) is 10.6. The van der Waals surface area contributed by atoms with Crippen LogP contribution in [0.2, 0.25) is 5.15 Å². The van der Waals surface area contributed by atoms with Crippen molar-refractivity contribution in [2.75, 3.05) is 5.73 Å². The zero-order chi connectivity index (χ0) is 13.4. The third-order valence-electron chi connectivity index (χ3n) is 2.74. The molecule has 0 radical (unpaired) electrons. The van der Waals surface area contributed by atoms with Crippen molar-refractivity contribution in [3.05, 3.63) is 57.6 Å². The van der Waals surface area contributed by atoms with Crippen LogP contribution < -0.4 is 11.4 Å². The van der Waals surface area contributed by atoms with Gasteiger partial charge in [0.15, 0.2) is 5.65 Å². The van der Waals surface area contributed by atoms with Crippen molar-refractivity contribution in [3.8, 4) is 0 Å². The van der Waals surface area contributed by atoms with Gasteiger partial charge in [0.2, 0.25) is 5.95 Å². The van der Waals surface area contributed by atoms with E-state index in [0.717, 1.165) is 5.56 Å². The van der Waals surface area contributed by atoms with Crippen molar-refractivity contribution < 1.29 is 0 Å². The highest BCUT2D eigenvalue weighted by Crippen LogP contribution is 2.10. The molecule has 0 bridgehead atoms. The van der Waals surface area contributed by atoms with Crippen LogP contribution in [-0.2, 0) is 6.54 Å².